The van der Waals surface area contributed by atoms with Gasteiger partial charge in [-0.25, -0.2) is 14.3 Å². The summed E-state index contributed by atoms with van der Waals surface area (Å²) in [7, 11) is -4.48. The van der Waals surface area contributed by atoms with Gasteiger partial charge >= 0.3 is 0 Å². The number of nitro benzene ring substituents is 1. The van der Waals surface area contributed by atoms with Crippen LogP contribution in [0.5, 0.6) is 0 Å². The maximum Gasteiger partial charge on any atom is 0.271 e. The number of non-ortho nitro benzene ring substituents is 1. The van der Waals surface area contributed by atoms with E-state index in [1.54, 1.807) is 5.43 Å². The number of hydrazine groups is 1. The molecule has 27 heavy (non-hydrogen) atoms. The van der Waals surface area contributed by atoms with E-state index in [1.165, 1.54) is 12.1 Å². The minimum Gasteiger partial charge on any atom is -0.293 e. The number of nitrogens with zero attached hydrogens (tertiary/aromatic N) is 2. The van der Waals surface area contributed by atoms with Crippen LogP contribution < -0.4 is 15.6 Å². The number of rotatable bonds is 6. The van der Waals surface area contributed by atoms with Crippen LogP contribution in [0.25, 0.3) is 0 Å². The lowest BCUT2D eigenvalue weighted by Crippen LogP contribution is -2.43. The summed E-state index contributed by atoms with van der Waals surface area (Å²) < 4.78 is 26.8. The van der Waals surface area contributed by atoms with E-state index in [2.05, 4.69) is 0 Å². The first-order chi connectivity index (χ1) is 12.6. The second-order valence-corrected chi connectivity index (χ2v) is 8.13. The van der Waals surface area contributed by atoms with Crippen LogP contribution in [0.4, 0.5) is 11.4 Å². The fraction of sp³-hybridized carbons (Fsp3) is 0.0714. The van der Waals surface area contributed by atoms with Crippen molar-refractivity contribution in [3.63, 3.8) is 0 Å². The van der Waals surface area contributed by atoms with Crippen molar-refractivity contribution in [3.8, 4) is 0 Å². The fourth-order valence-corrected chi connectivity index (χ4v) is 4.52. The SMILES string of the molecule is NNC(=O)CN(c1cc([N+](=O)[O-])ccc1Cl)S(=O)(=O)c1cc(Cl)ccc1Cl. The Morgan fingerprint density at radius 3 is 2.37 bits per heavy atom. The van der Waals surface area contributed by atoms with Gasteiger partial charge in [0.15, 0.2) is 0 Å². The van der Waals surface area contributed by atoms with Crippen molar-refractivity contribution in [3.05, 3.63) is 61.6 Å². The molecule has 2 aromatic carbocycles. The zero-order valence-electron chi connectivity index (χ0n) is 13.2. The van der Waals surface area contributed by atoms with Gasteiger partial charge in [-0.1, -0.05) is 34.8 Å². The molecule has 0 spiro atoms. The van der Waals surface area contributed by atoms with E-state index in [1.807, 2.05) is 0 Å². The molecule has 144 valence electrons. The number of amides is 1. The molecule has 0 radical (unpaired) electrons. The maximum absolute atomic E-state index is 13.1. The summed E-state index contributed by atoms with van der Waals surface area (Å²) in [5.74, 6) is 4.15. The Labute approximate surface area is 168 Å². The molecule has 0 aliphatic carbocycles. The van der Waals surface area contributed by atoms with Crippen molar-refractivity contribution in [2.45, 2.75) is 4.90 Å². The molecular weight excluding hydrogens is 443 g/mol. The van der Waals surface area contributed by atoms with Crippen LogP contribution in [-0.4, -0.2) is 25.8 Å². The summed E-state index contributed by atoms with van der Waals surface area (Å²) in [5.41, 5.74) is 1.06. The quantitative estimate of drug-likeness (QED) is 0.299. The third-order valence-electron chi connectivity index (χ3n) is 3.32. The molecule has 0 bridgehead atoms. The molecule has 0 aliphatic rings. The van der Waals surface area contributed by atoms with Gasteiger partial charge in [-0.2, -0.15) is 0 Å². The Bertz CT molecular complexity index is 1020. The smallest absolute Gasteiger partial charge is 0.271 e. The Hall–Kier alpha value is -2.11. The number of halogens is 3. The van der Waals surface area contributed by atoms with Crippen molar-refractivity contribution in [1.29, 1.82) is 0 Å². The van der Waals surface area contributed by atoms with E-state index in [0.29, 0.717) is 4.31 Å². The predicted molar refractivity (Wildman–Crippen MR) is 101 cm³/mol. The Morgan fingerprint density at radius 1 is 1.15 bits per heavy atom. The molecule has 0 saturated carbocycles. The molecule has 0 unspecified atom stereocenters. The van der Waals surface area contributed by atoms with Gasteiger partial charge in [0.2, 0.25) is 0 Å². The van der Waals surface area contributed by atoms with E-state index < -0.39 is 38.0 Å². The number of carbonyl (C=O) groups excluding carboxylic acids is 1. The summed E-state index contributed by atoms with van der Waals surface area (Å²) >= 11 is 17.9. The van der Waals surface area contributed by atoms with Gasteiger partial charge < -0.3 is 0 Å². The monoisotopic (exact) mass is 452 g/mol. The van der Waals surface area contributed by atoms with Crippen molar-refractivity contribution in [1.82, 2.24) is 5.43 Å². The molecule has 9 nitrogen and oxygen atoms in total. The predicted octanol–water partition coefficient (Wildman–Crippen LogP) is 2.74. The van der Waals surface area contributed by atoms with Gasteiger partial charge in [0.05, 0.1) is 20.7 Å². The summed E-state index contributed by atoms with van der Waals surface area (Å²) in [5, 5.41) is 10.8. The van der Waals surface area contributed by atoms with Gasteiger partial charge in [0.1, 0.15) is 11.4 Å². The van der Waals surface area contributed by atoms with Crippen LogP contribution in [-0.2, 0) is 14.8 Å². The van der Waals surface area contributed by atoms with Gasteiger partial charge in [-0.15, -0.1) is 0 Å². The van der Waals surface area contributed by atoms with Crippen LogP contribution in [0.3, 0.4) is 0 Å². The lowest BCUT2D eigenvalue weighted by Gasteiger charge is -2.25. The number of hydrogen-bond donors (Lipinski definition) is 2. The number of sulfonamides is 1. The van der Waals surface area contributed by atoms with Crippen molar-refractivity contribution < 1.29 is 18.1 Å². The summed E-state index contributed by atoms with van der Waals surface area (Å²) in [6, 6.07) is 6.86. The van der Waals surface area contributed by atoms with E-state index in [0.717, 1.165) is 24.3 Å². The second kappa shape index (κ2) is 8.28. The number of nitrogens with two attached hydrogens (primary N) is 1. The molecule has 3 N–H and O–H groups in total. The summed E-state index contributed by atoms with van der Waals surface area (Å²) in [6.45, 7) is -0.803. The largest absolute Gasteiger partial charge is 0.293 e. The first-order valence-corrected chi connectivity index (χ1v) is 9.56. The molecule has 0 heterocycles. The topological polar surface area (TPSA) is 136 Å². The number of nitrogens with one attached hydrogen (secondary N) is 1. The summed E-state index contributed by atoms with van der Waals surface area (Å²) in [4.78, 5) is 21.7. The normalized spacial score (nSPS) is 11.1. The molecular formula is C14H11Cl3N4O5S. The molecule has 13 heteroatoms. The standard InChI is InChI=1S/C14H11Cl3N4O5S/c15-8-1-3-11(17)13(5-8)27(25,26)20(7-14(22)19-18)12-6-9(21(23)24)2-4-10(12)16/h1-6H,7,18H2,(H,19,22). The van der Waals surface area contributed by atoms with Crippen LogP contribution >= 0.6 is 34.8 Å². The van der Waals surface area contributed by atoms with Crippen LogP contribution in [0.1, 0.15) is 0 Å². The third-order valence-corrected chi connectivity index (χ3v) is 6.11. The molecule has 2 rings (SSSR count). The highest BCUT2D eigenvalue weighted by Crippen LogP contribution is 2.36. The average molecular weight is 454 g/mol. The van der Waals surface area contributed by atoms with Gasteiger partial charge in [-0.05, 0) is 24.3 Å². The number of anilines is 1. The van der Waals surface area contributed by atoms with Crippen LogP contribution in [0, 0.1) is 10.1 Å². The minimum absolute atomic E-state index is 0.0753. The van der Waals surface area contributed by atoms with Crippen molar-refractivity contribution in [2.75, 3.05) is 10.8 Å². The number of benzene rings is 2. The Balaban J connectivity index is 2.72. The second-order valence-electron chi connectivity index (χ2n) is 5.05. The van der Waals surface area contributed by atoms with Crippen LogP contribution in [0.15, 0.2) is 41.3 Å². The van der Waals surface area contributed by atoms with E-state index in [4.69, 9.17) is 40.6 Å². The maximum atomic E-state index is 13.1. The summed E-state index contributed by atoms with van der Waals surface area (Å²) in [6.07, 6.45) is 0. The number of carbonyl (C=O) groups is 1. The molecule has 0 atom stereocenters. The first kappa shape index (κ1) is 21.2. The molecule has 0 saturated heterocycles. The van der Waals surface area contributed by atoms with Gasteiger partial charge in [-0.3, -0.25) is 24.6 Å². The molecule has 0 fully saturated rings. The number of nitro groups is 1. The van der Waals surface area contributed by atoms with E-state index in [9.17, 15) is 23.3 Å². The van der Waals surface area contributed by atoms with Crippen molar-refractivity contribution in [2.24, 2.45) is 5.84 Å². The molecule has 0 aliphatic heterocycles. The zero-order valence-corrected chi connectivity index (χ0v) is 16.3. The highest BCUT2D eigenvalue weighted by molar-refractivity contribution is 7.93. The van der Waals surface area contributed by atoms with E-state index in [-0.39, 0.29) is 20.8 Å². The average Bonchev–Trinajstić information content (AvgIpc) is 2.61. The van der Waals surface area contributed by atoms with Gasteiger partial charge in [0, 0.05) is 17.2 Å². The minimum atomic E-state index is -4.48. The molecule has 0 aromatic heterocycles. The molecule has 1 amide bonds. The lowest BCUT2D eigenvalue weighted by molar-refractivity contribution is -0.384. The zero-order chi connectivity index (χ0) is 20.4. The molecule has 2 aromatic rings. The fourth-order valence-electron chi connectivity index (χ4n) is 2.08. The van der Waals surface area contributed by atoms with Crippen LogP contribution in [0.2, 0.25) is 15.1 Å². The highest BCUT2D eigenvalue weighted by Gasteiger charge is 2.31. The third kappa shape index (κ3) is 4.60. The Kier molecular flexibility index (Phi) is 6.50. The first-order valence-electron chi connectivity index (χ1n) is 6.99. The van der Waals surface area contributed by atoms with Gasteiger partial charge in [0.25, 0.3) is 21.6 Å². The number of hydrogen-bond acceptors (Lipinski definition) is 6. The Morgan fingerprint density at radius 2 is 1.78 bits per heavy atom. The highest BCUT2D eigenvalue weighted by atomic mass is 35.5. The van der Waals surface area contributed by atoms with Crippen molar-refractivity contribution >= 4 is 62.1 Å². The lowest BCUT2D eigenvalue weighted by atomic mass is 10.3. The van der Waals surface area contributed by atoms with E-state index >= 15 is 0 Å².